The van der Waals surface area contributed by atoms with Crippen molar-refractivity contribution in [3.05, 3.63) is 35.9 Å². The first-order valence-corrected chi connectivity index (χ1v) is 6.97. The third kappa shape index (κ3) is 5.46. The monoisotopic (exact) mass is 248 g/mol. The van der Waals surface area contributed by atoms with Crippen molar-refractivity contribution in [3.63, 3.8) is 0 Å². The van der Waals surface area contributed by atoms with Gasteiger partial charge in [-0.3, -0.25) is 4.79 Å². The van der Waals surface area contributed by atoms with Gasteiger partial charge in [0.15, 0.2) is 5.78 Å². The van der Waals surface area contributed by atoms with Crippen molar-refractivity contribution in [2.75, 3.05) is 6.61 Å². The lowest BCUT2D eigenvalue weighted by Crippen LogP contribution is -2.18. The molecule has 0 aliphatic rings. The lowest BCUT2D eigenvalue weighted by atomic mass is 10.1. The topological polar surface area (TPSA) is 26.3 Å². The zero-order valence-corrected chi connectivity index (χ0v) is 11.5. The van der Waals surface area contributed by atoms with E-state index in [4.69, 9.17) is 4.74 Å². The highest BCUT2D eigenvalue weighted by Gasteiger charge is 2.11. The smallest absolute Gasteiger partial charge is 0.188 e. The molecule has 0 radical (unpaired) electrons. The molecule has 0 amide bonds. The van der Waals surface area contributed by atoms with Crippen LogP contribution in [0.15, 0.2) is 30.3 Å². The normalized spacial score (nSPS) is 12.3. The minimum Gasteiger partial charge on any atom is -0.370 e. The Kier molecular flexibility index (Phi) is 7.35. The summed E-state index contributed by atoms with van der Waals surface area (Å²) in [5.74, 6) is 0.0770. The van der Waals surface area contributed by atoms with E-state index in [1.165, 1.54) is 12.8 Å². The van der Waals surface area contributed by atoms with Crippen LogP contribution >= 0.6 is 0 Å². The number of benzene rings is 1. The quantitative estimate of drug-likeness (QED) is 0.611. The van der Waals surface area contributed by atoms with Gasteiger partial charge < -0.3 is 4.74 Å². The largest absolute Gasteiger partial charge is 0.370 e. The van der Waals surface area contributed by atoms with Gasteiger partial charge in [0, 0.05) is 5.56 Å². The molecule has 0 saturated heterocycles. The van der Waals surface area contributed by atoms with Crippen molar-refractivity contribution in [1.82, 2.24) is 0 Å². The molecule has 1 atom stereocenters. The first kappa shape index (κ1) is 14.9. The molecule has 0 bridgehead atoms. The molecule has 2 heteroatoms. The molecule has 18 heavy (non-hydrogen) atoms. The van der Waals surface area contributed by atoms with Crippen LogP contribution in [0.25, 0.3) is 0 Å². The Labute approximate surface area is 110 Å². The van der Waals surface area contributed by atoms with E-state index < -0.39 is 0 Å². The van der Waals surface area contributed by atoms with Crippen LogP contribution in [-0.2, 0) is 4.74 Å². The molecule has 100 valence electrons. The van der Waals surface area contributed by atoms with E-state index in [1.54, 1.807) is 0 Å². The van der Waals surface area contributed by atoms with E-state index in [-0.39, 0.29) is 18.5 Å². The predicted octanol–water partition coefficient (Wildman–Crippen LogP) is 4.24. The molecule has 0 aliphatic carbocycles. The predicted molar refractivity (Wildman–Crippen MR) is 74.9 cm³/mol. The van der Waals surface area contributed by atoms with Crippen molar-refractivity contribution in [2.24, 2.45) is 0 Å². The molecule has 0 N–H and O–H groups in total. The van der Waals surface area contributed by atoms with Gasteiger partial charge in [0.25, 0.3) is 0 Å². The third-order valence-corrected chi connectivity index (χ3v) is 3.04. The van der Waals surface area contributed by atoms with Crippen molar-refractivity contribution in [1.29, 1.82) is 0 Å². The molecular weight excluding hydrogens is 224 g/mol. The number of carbonyl (C=O) groups excluding carboxylic acids is 1. The van der Waals surface area contributed by atoms with Crippen molar-refractivity contribution in [3.8, 4) is 0 Å². The molecule has 1 aromatic rings. The molecule has 0 saturated carbocycles. The average Bonchev–Trinajstić information content (AvgIpc) is 2.42. The number of rotatable bonds is 9. The van der Waals surface area contributed by atoms with Crippen LogP contribution in [-0.4, -0.2) is 18.5 Å². The van der Waals surface area contributed by atoms with E-state index in [9.17, 15) is 4.79 Å². The van der Waals surface area contributed by atoms with Crippen LogP contribution in [0.4, 0.5) is 0 Å². The van der Waals surface area contributed by atoms with Crippen molar-refractivity contribution >= 4 is 5.78 Å². The van der Waals surface area contributed by atoms with Crippen LogP contribution in [0.5, 0.6) is 0 Å². The van der Waals surface area contributed by atoms with Crippen molar-refractivity contribution in [2.45, 2.75) is 52.1 Å². The first-order chi connectivity index (χ1) is 8.77. The molecule has 1 aromatic carbocycles. The molecular formula is C16H24O2. The van der Waals surface area contributed by atoms with E-state index >= 15 is 0 Å². The molecule has 2 nitrogen and oxygen atoms in total. The highest BCUT2D eigenvalue weighted by molar-refractivity contribution is 5.96. The molecule has 0 unspecified atom stereocenters. The van der Waals surface area contributed by atoms with Gasteiger partial charge in [0.05, 0.1) is 6.10 Å². The number of ketones is 1. The summed E-state index contributed by atoms with van der Waals surface area (Å²) in [7, 11) is 0. The highest BCUT2D eigenvalue weighted by atomic mass is 16.5. The fourth-order valence-corrected chi connectivity index (χ4v) is 1.97. The summed E-state index contributed by atoms with van der Waals surface area (Å²) in [6.07, 6.45) is 5.80. The standard InChI is InChI=1S/C16H24O2/c1-3-5-12-15(9-4-2)18-13-16(17)14-10-7-6-8-11-14/h6-8,10-11,15H,3-5,9,12-13H2,1-2H3/t15-/m0/s1. The van der Waals surface area contributed by atoms with E-state index in [2.05, 4.69) is 13.8 Å². The highest BCUT2D eigenvalue weighted by Crippen LogP contribution is 2.12. The SMILES string of the molecule is CCCC[C@H](CCC)OCC(=O)c1ccccc1. The van der Waals surface area contributed by atoms with Gasteiger partial charge in [0.1, 0.15) is 6.61 Å². The third-order valence-electron chi connectivity index (χ3n) is 3.04. The van der Waals surface area contributed by atoms with E-state index in [0.717, 1.165) is 24.8 Å². The molecule has 0 fully saturated rings. The number of ether oxygens (including phenoxy) is 1. The summed E-state index contributed by atoms with van der Waals surface area (Å²) in [6.45, 7) is 4.54. The molecule has 0 aliphatic heterocycles. The van der Waals surface area contributed by atoms with Gasteiger partial charge in [-0.05, 0) is 12.8 Å². The second-order valence-corrected chi connectivity index (χ2v) is 4.65. The van der Waals surface area contributed by atoms with Crippen LogP contribution < -0.4 is 0 Å². The number of carbonyl (C=O) groups is 1. The summed E-state index contributed by atoms with van der Waals surface area (Å²) < 4.78 is 5.75. The second-order valence-electron chi connectivity index (χ2n) is 4.65. The molecule has 0 spiro atoms. The second kappa shape index (κ2) is 8.87. The summed E-state index contributed by atoms with van der Waals surface area (Å²) in [6, 6.07) is 9.36. The summed E-state index contributed by atoms with van der Waals surface area (Å²) in [4.78, 5) is 11.9. The minimum atomic E-state index is 0.0770. The van der Waals surface area contributed by atoms with Crippen LogP contribution in [0.1, 0.15) is 56.3 Å². The Bertz CT molecular complexity index is 332. The lowest BCUT2D eigenvalue weighted by molar-refractivity contribution is 0.0365. The number of hydrogen-bond acceptors (Lipinski definition) is 2. The Morgan fingerprint density at radius 2 is 1.83 bits per heavy atom. The van der Waals surface area contributed by atoms with Gasteiger partial charge in [0.2, 0.25) is 0 Å². The fraction of sp³-hybridized carbons (Fsp3) is 0.562. The van der Waals surface area contributed by atoms with Crippen LogP contribution in [0.2, 0.25) is 0 Å². The molecule has 0 heterocycles. The van der Waals surface area contributed by atoms with Gasteiger partial charge in [-0.25, -0.2) is 0 Å². The Morgan fingerprint density at radius 3 is 2.44 bits per heavy atom. The van der Waals surface area contributed by atoms with Gasteiger partial charge in [-0.1, -0.05) is 63.4 Å². The summed E-state index contributed by atoms with van der Waals surface area (Å²) in [5.41, 5.74) is 0.739. The van der Waals surface area contributed by atoms with Gasteiger partial charge in [-0.2, -0.15) is 0 Å². The maximum atomic E-state index is 11.9. The average molecular weight is 248 g/mol. The minimum absolute atomic E-state index is 0.0770. The molecule has 1 rings (SSSR count). The molecule has 0 aromatic heterocycles. The Morgan fingerprint density at radius 1 is 1.11 bits per heavy atom. The summed E-state index contributed by atoms with van der Waals surface area (Å²) in [5, 5.41) is 0. The number of hydrogen-bond donors (Lipinski definition) is 0. The van der Waals surface area contributed by atoms with Gasteiger partial charge >= 0.3 is 0 Å². The maximum Gasteiger partial charge on any atom is 0.188 e. The summed E-state index contributed by atoms with van der Waals surface area (Å²) >= 11 is 0. The maximum absolute atomic E-state index is 11.9. The Balaban J connectivity index is 2.39. The zero-order valence-electron chi connectivity index (χ0n) is 11.5. The Hall–Kier alpha value is -1.15. The zero-order chi connectivity index (χ0) is 13.2. The van der Waals surface area contributed by atoms with E-state index in [0.29, 0.717) is 0 Å². The van der Waals surface area contributed by atoms with Crippen LogP contribution in [0.3, 0.4) is 0 Å². The van der Waals surface area contributed by atoms with Crippen molar-refractivity contribution < 1.29 is 9.53 Å². The lowest BCUT2D eigenvalue weighted by Gasteiger charge is -2.16. The van der Waals surface area contributed by atoms with Crippen LogP contribution in [0, 0.1) is 0 Å². The fourth-order valence-electron chi connectivity index (χ4n) is 1.97. The number of unbranched alkanes of at least 4 members (excludes halogenated alkanes) is 1. The first-order valence-electron chi connectivity index (χ1n) is 6.97. The van der Waals surface area contributed by atoms with Gasteiger partial charge in [-0.15, -0.1) is 0 Å². The van der Waals surface area contributed by atoms with E-state index in [1.807, 2.05) is 30.3 Å². The number of Topliss-reactive ketones (excluding diaryl/α,β-unsaturated/α-hetero) is 1.